The Morgan fingerprint density at radius 3 is 1.93 bits per heavy atom. The van der Waals surface area contributed by atoms with Gasteiger partial charge in [-0.05, 0) is 25.8 Å². The van der Waals surface area contributed by atoms with Gasteiger partial charge in [0.1, 0.15) is 0 Å². The fraction of sp³-hybridized carbons (Fsp3) is 0.500. The van der Waals surface area contributed by atoms with E-state index in [0.717, 1.165) is 12.0 Å². The van der Waals surface area contributed by atoms with Crippen LogP contribution < -0.4 is 0 Å². The van der Waals surface area contributed by atoms with E-state index in [0.29, 0.717) is 0 Å². The second-order valence-corrected chi connectivity index (χ2v) is 3.83. The Morgan fingerprint density at radius 2 is 1.50 bits per heavy atom. The Bertz CT molecular complexity index is 246. The Balaban J connectivity index is 2.65. The molecule has 1 aromatic carbocycles. The highest BCUT2D eigenvalue weighted by atomic mass is 16.3. The summed E-state index contributed by atoms with van der Waals surface area (Å²) in [6.07, 6.45) is -0.235. The quantitative estimate of drug-likeness (QED) is 0.764. The summed E-state index contributed by atoms with van der Waals surface area (Å²) >= 11 is 0. The van der Waals surface area contributed by atoms with Crippen molar-refractivity contribution in [2.75, 3.05) is 0 Å². The third kappa shape index (κ3) is 3.13. The van der Waals surface area contributed by atoms with Crippen molar-refractivity contribution in [1.29, 1.82) is 0 Å². The average Bonchev–Trinajstić information content (AvgIpc) is 2.15. The monoisotopic (exact) mass is 194 g/mol. The molecule has 2 heteroatoms. The predicted octanol–water partition coefficient (Wildman–Crippen LogP) is 1.61. The lowest BCUT2D eigenvalue weighted by Gasteiger charge is -2.22. The lowest BCUT2D eigenvalue weighted by molar-refractivity contribution is 0.0320. The molecule has 1 rings (SSSR count). The second kappa shape index (κ2) is 5.13. The highest BCUT2D eigenvalue weighted by Crippen LogP contribution is 2.16. The molecular formula is C12H18O2. The van der Waals surface area contributed by atoms with Gasteiger partial charge in [0.15, 0.2) is 0 Å². The molecule has 78 valence electrons. The van der Waals surface area contributed by atoms with Gasteiger partial charge in [-0.1, -0.05) is 30.3 Å². The summed E-state index contributed by atoms with van der Waals surface area (Å²) in [6, 6.07) is 9.92. The Hall–Kier alpha value is -0.860. The number of benzene rings is 1. The molecule has 0 aliphatic rings. The number of rotatable bonds is 4. The average molecular weight is 194 g/mol. The van der Waals surface area contributed by atoms with Gasteiger partial charge in [0, 0.05) is 5.92 Å². The molecule has 2 nitrogen and oxygen atoms in total. The van der Waals surface area contributed by atoms with E-state index in [1.54, 1.807) is 13.8 Å². The molecule has 0 heterocycles. The first-order valence-corrected chi connectivity index (χ1v) is 5.01. The van der Waals surface area contributed by atoms with Crippen LogP contribution in [0.3, 0.4) is 0 Å². The lowest BCUT2D eigenvalue weighted by Crippen LogP contribution is -2.29. The van der Waals surface area contributed by atoms with Crippen molar-refractivity contribution in [2.24, 2.45) is 5.92 Å². The van der Waals surface area contributed by atoms with E-state index in [-0.39, 0.29) is 5.92 Å². The van der Waals surface area contributed by atoms with Crippen molar-refractivity contribution in [3.05, 3.63) is 35.9 Å². The molecule has 0 aliphatic heterocycles. The van der Waals surface area contributed by atoms with Crippen LogP contribution in [0.1, 0.15) is 19.4 Å². The second-order valence-electron chi connectivity index (χ2n) is 3.83. The van der Waals surface area contributed by atoms with E-state index >= 15 is 0 Å². The van der Waals surface area contributed by atoms with Gasteiger partial charge >= 0.3 is 0 Å². The molecule has 0 bridgehead atoms. The van der Waals surface area contributed by atoms with E-state index in [1.807, 2.05) is 30.3 Å². The van der Waals surface area contributed by atoms with Gasteiger partial charge in [0.2, 0.25) is 0 Å². The molecule has 2 N–H and O–H groups in total. The summed E-state index contributed by atoms with van der Waals surface area (Å²) in [6.45, 7) is 3.45. The van der Waals surface area contributed by atoms with Crippen molar-refractivity contribution in [1.82, 2.24) is 0 Å². The topological polar surface area (TPSA) is 40.5 Å². The summed E-state index contributed by atoms with van der Waals surface area (Å²) in [7, 11) is 0. The molecule has 0 aromatic heterocycles. The van der Waals surface area contributed by atoms with Gasteiger partial charge < -0.3 is 10.2 Å². The maximum absolute atomic E-state index is 9.48. The molecule has 1 aromatic rings. The van der Waals surface area contributed by atoms with Crippen LogP contribution in [0.4, 0.5) is 0 Å². The summed E-state index contributed by atoms with van der Waals surface area (Å²) in [5.74, 6) is -0.0857. The van der Waals surface area contributed by atoms with Gasteiger partial charge in [0.25, 0.3) is 0 Å². The third-order valence-electron chi connectivity index (χ3n) is 2.55. The van der Waals surface area contributed by atoms with E-state index in [2.05, 4.69) is 0 Å². The fourth-order valence-electron chi connectivity index (χ4n) is 1.63. The van der Waals surface area contributed by atoms with E-state index in [4.69, 9.17) is 0 Å². The zero-order valence-electron chi connectivity index (χ0n) is 8.72. The Kier molecular flexibility index (Phi) is 4.11. The number of aliphatic hydroxyl groups is 2. The fourth-order valence-corrected chi connectivity index (χ4v) is 1.63. The number of aliphatic hydroxyl groups excluding tert-OH is 2. The SMILES string of the molecule is CC(O)C(Cc1ccccc1)C(C)O. The van der Waals surface area contributed by atoms with Gasteiger partial charge in [-0.25, -0.2) is 0 Å². The molecule has 14 heavy (non-hydrogen) atoms. The molecule has 0 saturated heterocycles. The van der Waals surface area contributed by atoms with Crippen molar-refractivity contribution < 1.29 is 10.2 Å². The van der Waals surface area contributed by atoms with Crippen LogP contribution in [-0.2, 0) is 6.42 Å². The zero-order chi connectivity index (χ0) is 10.6. The minimum absolute atomic E-state index is 0.0857. The van der Waals surface area contributed by atoms with Crippen molar-refractivity contribution >= 4 is 0 Å². The maximum atomic E-state index is 9.48. The van der Waals surface area contributed by atoms with Gasteiger partial charge in [-0.3, -0.25) is 0 Å². The van der Waals surface area contributed by atoms with Crippen LogP contribution in [0.5, 0.6) is 0 Å². The molecule has 0 saturated carbocycles. The van der Waals surface area contributed by atoms with Crippen molar-refractivity contribution in [3.8, 4) is 0 Å². The largest absolute Gasteiger partial charge is 0.393 e. The number of hydrogen-bond acceptors (Lipinski definition) is 2. The van der Waals surface area contributed by atoms with Crippen LogP contribution in [-0.4, -0.2) is 22.4 Å². The first-order chi connectivity index (χ1) is 6.61. The highest BCUT2D eigenvalue weighted by molar-refractivity contribution is 5.15. The molecule has 0 amide bonds. The maximum Gasteiger partial charge on any atom is 0.0568 e. The lowest BCUT2D eigenvalue weighted by atomic mass is 9.90. The molecule has 2 atom stereocenters. The highest BCUT2D eigenvalue weighted by Gasteiger charge is 2.20. The Labute approximate surface area is 85.2 Å². The van der Waals surface area contributed by atoms with E-state index in [1.165, 1.54) is 0 Å². The van der Waals surface area contributed by atoms with Gasteiger partial charge in [0.05, 0.1) is 12.2 Å². The summed E-state index contributed by atoms with van der Waals surface area (Å²) in [5.41, 5.74) is 1.15. The molecule has 0 fully saturated rings. The Morgan fingerprint density at radius 1 is 1.00 bits per heavy atom. The first kappa shape index (κ1) is 11.2. The van der Waals surface area contributed by atoms with Crippen LogP contribution in [0, 0.1) is 5.92 Å². The van der Waals surface area contributed by atoms with Gasteiger partial charge in [-0.15, -0.1) is 0 Å². The molecular weight excluding hydrogens is 176 g/mol. The summed E-state index contributed by atoms with van der Waals surface area (Å²) < 4.78 is 0. The van der Waals surface area contributed by atoms with Crippen molar-refractivity contribution in [2.45, 2.75) is 32.5 Å². The molecule has 2 unspecified atom stereocenters. The smallest absolute Gasteiger partial charge is 0.0568 e. The molecule has 0 radical (unpaired) electrons. The zero-order valence-corrected chi connectivity index (χ0v) is 8.72. The van der Waals surface area contributed by atoms with E-state index < -0.39 is 12.2 Å². The minimum atomic E-state index is -0.477. The molecule has 0 spiro atoms. The van der Waals surface area contributed by atoms with Crippen molar-refractivity contribution in [3.63, 3.8) is 0 Å². The van der Waals surface area contributed by atoms with E-state index in [9.17, 15) is 10.2 Å². The minimum Gasteiger partial charge on any atom is -0.393 e. The normalized spacial score (nSPS) is 17.4. The van der Waals surface area contributed by atoms with Crippen LogP contribution in [0.2, 0.25) is 0 Å². The first-order valence-electron chi connectivity index (χ1n) is 5.01. The predicted molar refractivity (Wildman–Crippen MR) is 57.0 cm³/mol. The van der Waals surface area contributed by atoms with Crippen LogP contribution in [0.25, 0.3) is 0 Å². The van der Waals surface area contributed by atoms with Crippen LogP contribution >= 0.6 is 0 Å². The van der Waals surface area contributed by atoms with Crippen LogP contribution in [0.15, 0.2) is 30.3 Å². The number of hydrogen-bond donors (Lipinski definition) is 2. The third-order valence-corrected chi connectivity index (χ3v) is 2.55. The summed E-state index contributed by atoms with van der Waals surface area (Å²) in [4.78, 5) is 0. The van der Waals surface area contributed by atoms with Gasteiger partial charge in [-0.2, -0.15) is 0 Å². The summed E-state index contributed by atoms with van der Waals surface area (Å²) in [5, 5.41) is 19.0. The standard InChI is InChI=1S/C12H18O2/c1-9(13)12(10(2)14)8-11-6-4-3-5-7-11/h3-7,9-10,12-14H,8H2,1-2H3. The molecule has 0 aliphatic carbocycles.